The molecule has 4 aliphatic rings. The minimum absolute atomic E-state index is 0.115. The molecule has 4 aliphatic carbocycles. The second kappa shape index (κ2) is 8.86. The fourth-order valence-electron chi connectivity index (χ4n) is 8.99. The minimum Gasteiger partial charge on any atom is -0.462 e. The first kappa shape index (κ1) is 23.4. The summed E-state index contributed by atoms with van der Waals surface area (Å²) in [6.45, 7) is 14.1. The van der Waals surface area contributed by atoms with Crippen LogP contribution >= 0.6 is 0 Å². The lowest BCUT2D eigenvalue weighted by Crippen LogP contribution is -2.51. The third-order valence-electron chi connectivity index (χ3n) is 10.6. The highest BCUT2D eigenvalue weighted by Crippen LogP contribution is 2.67. The third kappa shape index (κ3) is 4.26. The third-order valence-corrected chi connectivity index (χ3v) is 10.6. The Morgan fingerprint density at radius 3 is 2.55 bits per heavy atom. The monoisotopic (exact) mass is 428 g/mol. The fraction of sp³-hybridized carbons (Fsp3) is 0.897. The molecule has 0 spiro atoms. The second-order valence-corrected chi connectivity index (χ2v) is 12.8. The van der Waals surface area contributed by atoms with Gasteiger partial charge >= 0.3 is 5.97 Å². The van der Waals surface area contributed by atoms with Crippen molar-refractivity contribution < 1.29 is 9.53 Å². The molecule has 0 saturated heterocycles. The zero-order valence-electron chi connectivity index (χ0n) is 21.2. The van der Waals surface area contributed by atoms with E-state index in [1.807, 2.05) is 0 Å². The van der Waals surface area contributed by atoms with Crippen LogP contribution in [0.15, 0.2) is 11.6 Å². The minimum atomic E-state index is -0.115. The smallest absolute Gasteiger partial charge is 0.302 e. The van der Waals surface area contributed by atoms with E-state index in [1.54, 1.807) is 12.5 Å². The predicted octanol–water partition coefficient (Wildman–Crippen LogP) is 7.96. The number of rotatable bonds is 6. The summed E-state index contributed by atoms with van der Waals surface area (Å²) in [5.41, 5.74) is 2.53. The molecule has 3 saturated carbocycles. The van der Waals surface area contributed by atoms with Gasteiger partial charge in [-0.05, 0) is 91.3 Å². The first-order chi connectivity index (χ1) is 14.6. The first-order valence-electron chi connectivity index (χ1n) is 13.5. The highest BCUT2D eigenvalue weighted by molar-refractivity contribution is 5.66. The highest BCUT2D eigenvalue weighted by Gasteiger charge is 2.59. The predicted molar refractivity (Wildman–Crippen MR) is 129 cm³/mol. The summed E-state index contributed by atoms with van der Waals surface area (Å²) < 4.78 is 5.61. The van der Waals surface area contributed by atoms with Gasteiger partial charge in [0.1, 0.15) is 6.10 Å². The van der Waals surface area contributed by atoms with Crippen LogP contribution in [-0.2, 0) is 9.53 Å². The van der Waals surface area contributed by atoms with Crippen LogP contribution in [0.25, 0.3) is 0 Å². The number of allylic oxidation sites excluding steroid dienone is 1. The molecule has 0 aromatic rings. The summed E-state index contributed by atoms with van der Waals surface area (Å²) in [6, 6.07) is 0. The maximum atomic E-state index is 11.5. The zero-order valence-corrected chi connectivity index (χ0v) is 21.2. The van der Waals surface area contributed by atoms with Crippen molar-refractivity contribution in [2.45, 2.75) is 118 Å². The topological polar surface area (TPSA) is 26.3 Å². The lowest BCUT2D eigenvalue weighted by molar-refractivity contribution is -0.148. The van der Waals surface area contributed by atoms with Gasteiger partial charge in [-0.2, -0.15) is 0 Å². The van der Waals surface area contributed by atoms with E-state index in [9.17, 15) is 4.79 Å². The van der Waals surface area contributed by atoms with Gasteiger partial charge in [0.25, 0.3) is 0 Å². The van der Waals surface area contributed by atoms with Crippen molar-refractivity contribution >= 4 is 5.97 Å². The Bertz CT molecular complexity index is 693. The number of hydrogen-bond donors (Lipinski definition) is 0. The van der Waals surface area contributed by atoms with Gasteiger partial charge in [0, 0.05) is 13.3 Å². The number of ether oxygens (including phenoxy) is 1. The normalized spacial score (nSPS) is 42.9. The summed E-state index contributed by atoms with van der Waals surface area (Å²) in [5, 5.41) is 0. The first-order valence-corrected chi connectivity index (χ1v) is 13.5. The van der Waals surface area contributed by atoms with Crippen molar-refractivity contribution in [3.05, 3.63) is 11.6 Å². The second-order valence-electron chi connectivity index (χ2n) is 12.8. The summed E-state index contributed by atoms with van der Waals surface area (Å²) >= 11 is 0. The SMILES string of the molecule is CC(=O)O[C@H]1CC[C@@]2(C)C(=CCC3C4CCC([C@H](C)CCCC(C)C)[C@@]4(C)CCC32)C1. The van der Waals surface area contributed by atoms with E-state index in [-0.39, 0.29) is 12.1 Å². The van der Waals surface area contributed by atoms with Gasteiger partial charge in [-0.3, -0.25) is 4.79 Å². The van der Waals surface area contributed by atoms with E-state index < -0.39 is 0 Å². The number of carbonyl (C=O) groups excluding carboxylic acids is 1. The summed E-state index contributed by atoms with van der Waals surface area (Å²) in [6.07, 6.45) is 17.2. The van der Waals surface area contributed by atoms with E-state index in [4.69, 9.17) is 4.74 Å². The van der Waals surface area contributed by atoms with E-state index >= 15 is 0 Å². The molecule has 0 aliphatic heterocycles. The number of esters is 1. The standard InChI is InChI=1S/C29H48O2/c1-19(2)8-7-9-20(3)25-12-13-26-24-11-10-22-18-23(31-21(4)30)14-16-28(22,5)27(24)15-17-29(25,26)6/h10,19-20,23-27H,7-9,11-18H2,1-6H3/t20-,23+,24?,25?,26?,27?,28+,29-/m1/s1. The van der Waals surface area contributed by atoms with Crippen LogP contribution in [0.3, 0.4) is 0 Å². The number of carbonyl (C=O) groups is 1. The van der Waals surface area contributed by atoms with Gasteiger partial charge in [0.05, 0.1) is 0 Å². The van der Waals surface area contributed by atoms with Gasteiger partial charge in [-0.25, -0.2) is 0 Å². The molecule has 176 valence electrons. The van der Waals surface area contributed by atoms with Crippen molar-refractivity contribution in [2.75, 3.05) is 0 Å². The van der Waals surface area contributed by atoms with Crippen LogP contribution in [0, 0.1) is 46.3 Å². The Morgan fingerprint density at radius 2 is 1.84 bits per heavy atom. The molecule has 0 amide bonds. The van der Waals surface area contributed by atoms with E-state index in [0.29, 0.717) is 10.8 Å². The number of fused-ring (bicyclic) bond motifs is 5. The largest absolute Gasteiger partial charge is 0.462 e. The van der Waals surface area contributed by atoms with Crippen LogP contribution in [-0.4, -0.2) is 12.1 Å². The van der Waals surface area contributed by atoms with Crippen LogP contribution in [0.1, 0.15) is 112 Å². The molecule has 8 atom stereocenters. The van der Waals surface area contributed by atoms with Crippen LogP contribution < -0.4 is 0 Å². The molecule has 4 rings (SSSR count). The Labute approximate surface area is 192 Å². The van der Waals surface area contributed by atoms with Crippen LogP contribution in [0.2, 0.25) is 0 Å². The van der Waals surface area contributed by atoms with Gasteiger partial charge in [0.2, 0.25) is 0 Å². The molecule has 0 aromatic carbocycles. The molecule has 0 heterocycles. The summed E-state index contributed by atoms with van der Waals surface area (Å²) in [7, 11) is 0. The van der Waals surface area contributed by atoms with E-state index in [2.05, 4.69) is 40.7 Å². The average Bonchev–Trinajstić information content (AvgIpc) is 3.05. The molecule has 3 fully saturated rings. The van der Waals surface area contributed by atoms with Crippen molar-refractivity contribution in [3.8, 4) is 0 Å². The molecular formula is C29H48O2. The molecule has 0 N–H and O–H groups in total. The Morgan fingerprint density at radius 1 is 1.06 bits per heavy atom. The van der Waals surface area contributed by atoms with Crippen LogP contribution in [0.4, 0.5) is 0 Å². The Kier molecular flexibility index (Phi) is 6.68. The Hall–Kier alpha value is -0.790. The van der Waals surface area contributed by atoms with Crippen LogP contribution in [0.5, 0.6) is 0 Å². The van der Waals surface area contributed by atoms with Crippen molar-refractivity contribution in [3.63, 3.8) is 0 Å². The van der Waals surface area contributed by atoms with Gasteiger partial charge in [0.15, 0.2) is 0 Å². The van der Waals surface area contributed by atoms with Crippen molar-refractivity contribution in [2.24, 2.45) is 46.3 Å². The summed E-state index contributed by atoms with van der Waals surface area (Å²) in [4.78, 5) is 11.5. The highest BCUT2D eigenvalue weighted by atomic mass is 16.5. The zero-order chi connectivity index (χ0) is 22.4. The Balaban J connectivity index is 1.47. The molecule has 4 unspecified atom stereocenters. The van der Waals surface area contributed by atoms with Crippen molar-refractivity contribution in [1.82, 2.24) is 0 Å². The number of hydrogen-bond acceptors (Lipinski definition) is 2. The average molecular weight is 429 g/mol. The lowest BCUT2D eigenvalue weighted by Gasteiger charge is -2.58. The molecule has 0 radical (unpaired) electrons. The molecule has 31 heavy (non-hydrogen) atoms. The van der Waals surface area contributed by atoms with Gasteiger partial charge in [-0.1, -0.05) is 65.5 Å². The molecule has 2 heteroatoms. The lowest BCUT2D eigenvalue weighted by atomic mass is 9.47. The maximum Gasteiger partial charge on any atom is 0.302 e. The fourth-order valence-corrected chi connectivity index (χ4v) is 8.99. The van der Waals surface area contributed by atoms with Crippen molar-refractivity contribution in [1.29, 1.82) is 0 Å². The van der Waals surface area contributed by atoms with E-state index in [1.165, 1.54) is 57.8 Å². The molecular weight excluding hydrogens is 380 g/mol. The molecule has 0 bridgehead atoms. The molecule has 0 aromatic heterocycles. The van der Waals surface area contributed by atoms with Gasteiger partial charge in [-0.15, -0.1) is 0 Å². The quantitative estimate of drug-likeness (QED) is 0.317. The molecule has 2 nitrogen and oxygen atoms in total. The van der Waals surface area contributed by atoms with Gasteiger partial charge < -0.3 is 4.74 Å². The maximum absolute atomic E-state index is 11.5. The summed E-state index contributed by atoms with van der Waals surface area (Å²) in [5.74, 6) is 5.19. The van der Waals surface area contributed by atoms with E-state index in [0.717, 1.165) is 48.3 Å².